The maximum atomic E-state index is 13.5. The fourth-order valence-corrected chi connectivity index (χ4v) is 4.80. The third kappa shape index (κ3) is 3.41. The van der Waals surface area contributed by atoms with Gasteiger partial charge in [-0.2, -0.15) is 0 Å². The zero-order valence-electron chi connectivity index (χ0n) is 16.4. The Labute approximate surface area is 161 Å². The molecular weight excluding hydrogens is 338 g/mol. The van der Waals surface area contributed by atoms with Crippen LogP contribution < -0.4 is 0 Å². The van der Waals surface area contributed by atoms with E-state index in [2.05, 4.69) is 39.2 Å². The van der Waals surface area contributed by atoms with Gasteiger partial charge in [0.2, 0.25) is 5.91 Å². The van der Waals surface area contributed by atoms with Crippen molar-refractivity contribution in [2.75, 3.05) is 19.6 Å². The topological polar surface area (TPSA) is 49.6 Å². The molecule has 2 aliphatic heterocycles. The van der Waals surface area contributed by atoms with Gasteiger partial charge < -0.3 is 9.42 Å². The van der Waals surface area contributed by atoms with Gasteiger partial charge in [0.05, 0.1) is 5.69 Å². The van der Waals surface area contributed by atoms with E-state index in [1.54, 1.807) is 0 Å². The van der Waals surface area contributed by atoms with Crippen molar-refractivity contribution in [1.82, 2.24) is 15.0 Å². The molecule has 5 heteroatoms. The molecule has 0 radical (unpaired) electrons. The average molecular weight is 367 g/mol. The quantitative estimate of drug-likeness (QED) is 0.812. The standard InChI is InChI=1S/C22H29N3O2/c1-17-20(18(2)27-23-17)16-25-14-7-12-22(25)11-6-13-24(21(22)26)15-10-19-8-4-3-5-9-19/h3-5,8-9H,6-7,10-16H2,1-2H3. The average Bonchev–Trinajstić information content (AvgIpc) is 3.23. The second-order valence-electron chi connectivity index (χ2n) is 7.99. The lowest BCUT2D eigenvalue weighted by Crippen LogP contribution is -2.59. The molecule has 0 saturated carbocycles. The highest BCUT2D eigenvalue weighted by molar-refractivity contribution is 5.87. The Morgan fingerprint density at radius 3 is 2.56 bits per heavy atom. The van der Waals surface area contributed by atoms with Crippen LogP contribution in [0.4, 0.5) is 0 Å². The number of aryl methyl sites for hydroxylation is 2. The summed E-state index contributed by atoms with van der Waals surface area (Å²) in [4.78, 5) is 18.0. The summed E-state index contributed by atoms with van der Waals surface area (Å²) in [7, 11) is 0. The number of benzene rings is 1. The van der Waals surface area contributed by atoms with Gasteiger partial charge in [-0.1, -0.05) is 35.5 Å². The molecule has 2 saturated heterocycles. The lowest BCUT2D eigenvalue weighted by atomic mass is 9.85. The van der Waals surface area contributed by atoms with Crippen LogP contribution in [0.15, 0.2) is 34.9 Å². The minimum Gasteiger partial charge on any atom is -0.361 e. The highest BCUT2D eigenvalue weighted by Gasteiger charge is 2.50. The van der Waals surface area contributed by atoms with E-state index in [1.165, 1.54) is 5.56 Å². The number of carbonyl (C=O) groups is 1. The summed E-state index contributed by atoms with van der Waals surface area (Å²) >= 11 is 0. The van der Waals surface area contributed by atoms with E-state index in [9.17, 15) is 4.79 Å². The lowest BCUT2D eigenvalue weighted by Gasteiger charge is -2.44. The Kier molecular flexibility index (Phi) is 5.04. The highest BCUT2D eigenvalue weighted by Crippen LogP contribution is 2.39. The molecule has 2 aromatic rings. The zero-order chi connectivity index (χ0) is 18.9. The first-order valence-electron chi connectivity index (χ1n) is 10.1. The molecular formula is C22H29N3O2. The predicted molar refractivity (Wildman–Crippen MR) is 104 cm³/mol. The van der Waals surface area contributed by atoms with E-state index in [4.69, 9.17) is 4.52 Å². The molecule has 3 heterocycles. The molecule has 1 atom stereocenters. The number of hydrogen-bond acceptors (Lipinski definition) is 4. The van der Waals surface area contributed by atoms with Gasteiger partial charge in [0.25, 0.3) is 0 Å². The molecule has 1 amide bonds. The first-order valence-corrected chi connectivity index (χ1v) is 10.1. The van der Waals surface area contributed by atoms with Crippen LogP contribution in [0.1, 0.15) is 48.3 Å². The minimum atomic E-state index is -0.328. The van der Waals surface area contributed by atoms with Crippen LogP contribution in [-0.4, -0.2) is 46.0 Å². The number of aromatic nitrogens is 1. The second-order valence-corrected chi connectivity index (χ2v) is 7.99. The number of nitrogens with zero attached hydrogens (tertiary/aromatic N) is 3. The normalized spacial score (nSPS) is 23.5. The third-order valence-electron chi connectivity index (χ3n) is 6.37. The number of amides is 1. The SMILES string of the molecule is Cc1noc(C)c1CN1CCCC12CCCN(CCc1ccccc1)C2=O. The number of rotatable bonds is 5. The number of piperidine rings is 1. The molecule has 27 heavy (non-hydrogen) atoms. The van der Waals surface area contributed by atoms with Crippen LogP contribution in [-0.2, 0) is 17.8 Å². The van der Waals surface area contributed by atoms with Crippen molar-refractivity contribution in [2.24, 2.45) is 0 Å². The van der Waals surface area contributed by atoms with Crippen LogP contribution >= 0.6 is 0 Å². The molecule has 1 aromatic carbocycles. The lowest BCUT2D eigenvalue weighted by molar-refractivity contribution is -0.147. The van der Waals surface area contributed by atoms with Gasteiger partial charge in [-0.05, 0) is 58.1 Å². The van der Waals surface area contributed by atoms with Gasteiger partial charge in [-0.3, -0.25) is 9.69 Å². The maximum Gasteiger partial charge on any atom is 0.243 e. The molecule has 5 nitrogen and oxygen atoms in total. The van der Waals surface area contributed by atoms with Crippen molar-refractivity contribution in [3.8, 4) is 0 Å². The molecule has 0 bridgehead atoms. The number of carbonyl (C=O) groups excluding carboxylic acids is 1. The molecule has 1 spiro atoms. The smallest absolute Gasteiger partial charge is 0.243 e. The summed E-state index contributed by atoms with van der Waals surface area (Å²) in [6, 6.07) is 10.5. The van der Waals surface area contributed by atoms with E-state index in [1.807, 2.05) is 19.9 Å². The minimum absolute atomic E-state index is 0.328. The first kappa shape index (κ1) is 18.2. The van der Waals surface area contributed by atoms with E-state index in [0.717, 1.165) is 75.3 Å². The molecule has 0 aliphatic carbocycles. The molecule has 2 fully saturated rings. The van der Waals surface area contributed by atoms with Gasteiger partial charge in [0.15, 0.2) is 0 Å². The predicted octanol–water partition coefficient (Wildman–Crippen LogP) is 3.49. The van der Waals surface area contributed by atoms with Crippen LogP contribution in [0.5, 0.6) is 0 Å². The molecule has 1 aromatic heterocycles. The molecule has 144 valence electrons. The van der Waals surface area contributed by atoms with Crippen LogP contribution in [0.3, 0.4) is 0 Å². The van der Waals surface area contributed by atoms with Gasteiger partial charge in [0, 0.05) is 25.2 Å². The summed E-state index contributed by atoms with van der Waals surface area (Å²) in [6.45, 7) is 7.38. The highest BCUT2D eigenvalue weighted by atomic mass is 16.5. The van der Waals surface area contributed by atoms with Crippen molar-refractivity contribution in [1.29, 1.82) is 0 Å². The largest absolute Gasteiger partial charge is 0.361 e. The van der Waals surface area contributed by atoms with Crippen LogP contribution in [0.2, 0.25) is 0 Å². The third-order valence-corrected chi connectivity index (χ3v) is 6.37. The van der Waals surface area contributed by atoms with E-state index >= 15 is 0 Å². The van der Waals surface area contributed by atoms with Crippen LogP contribution in [0.25, 0.3) is 0 Å². The number of likely N-dealkylation sites (tertiary alicyclic amines) is 2. The van der Waals surface area contributed by atoms with Gasteiger partial charge in [-0.15, -0.1) is 0 Å². The zero-order valence-corrected chi connectivity index (χ0v) is 16.4. The van der Waals surface area contributed by atoms with E-state index in [0.29, 0.717) is 5.91 Å². The van der Waals surface area contributed by atoms with Crippen molar-refractivity contribution in [2.45, 2.75) is 58.0 Å². The van der Waals surface area contributed by atoms with Gasteiger partial charge in [-0.25, -0.2) is 0 Å². The first-order chi connectivity index (χ1) is 13.1. The molecule has 1 unspecified atom stereocenters. The summed E-state index contributed by atoms with van der Waals surface area (Å²) in [5.74, 6) is 1.20. The van der Waals surface area contributed by atoms with Crippen LogP contribution in [0, 0.1) is 13.8 Å². The summed E-state index contributed by atoms with van der Waals surface area (Å²) in [5.41, 5.74) is 3.05. The van der Waals surface area contributed by atoms with E-state index < -0.39 is 0 Å². The van der Waals surface area contributed by atoms with E-state index in [-0.39, 0.29) is 5.54 Å². The summed E-state index contributed by atoms with van der Waals surface area (Å²) in [5, 5.41) is 4.09. The summed E-state index contributed by atoms with van der Waals surface area (Å²) in [6.07, 6.45) is 5.03. The fourth-order valence-electron chi connectivity index (χ4n) is 4.80. The van der Waals surface area contributed by atoms with Crippen molar-refractivity contribution < 1.29 is 9.32 Å². The number of hydrogen-bond donors (Lipinski definition) is 0. The Balaban J connectivity index is 1.49. The van der Waals surface area contributed by atoms with Gasteiger partial charge in [0.1, 0.15) is 11.3 Å². The Bertz CT molecular complexity index is 782. The Hall–Kier alpha value is -2.14. The van der Waals surface area contributed by atoms with Gasteiger partial charge >= 0.3 is 0 Å². The monoisotopic (exact) mass is 367 g/mol. The molecule has 2 aliphatic rings. The Morgan fingerprint density at radius 1 is 1.11 bits per heavy atom. The Morgan fingerprint density at radius 2 is 1.85 bits per heavy atom. The maximum absolute atomic E-state index is 13.5. The molecule has 0 N–H and O–H groups in total. The van der Waals surface area contributed by atoms with Crippen molar-refractivity contribution in [3.63, 3.8) is 0 Å². The second kappa shape index (κ2) is 7.47. The fraction of sp³-hybridized carbons (Fsp3) is 0.545. The van der Waals surface area contributed by atoms with Crippen molar-refractivity contribution in [3.05, 3.63) is 52.9 Å². The van der Waals surface area contributed by atoms with Crippen molar-refractivity contribution >= 4 is 5.91 Å². The summed E-state index contributed by atoms with van der Waals surface area (Å²) < 4.78 is 5.34. The molecule has 4 rings (SSSR count).